The zero-order valence-corrected chi connectivity index (χ0v) is 9.31. The largest absolute Gasteiger partial charge is 0.392 e. The van der Waals surface area contributed by atoms with Gasteiger partial charge in [-0.1, -0.05) is 36.4 Å². The molecule has 15 heavy (non-hydrogen) atoms. The molecule has 0 aliphatic carbocycles. The van der Waals surface area contributed by atoms with Crippen LogP contribution in [0.3, 0.4) is 0 Å². The molecule has 4 N–H and O–H groups in total. The molecule has 1 aromatic carbocycles. The zero-order chi connectivity index (χ0) is 11.7. The molecule has 1 rings (SSSR count). The van der Waals surface area contributed by atoms with E-state index in [0.717, 1.165) is 0 Å². The summed E-state index contributed by atoms with van der Waals surface area (Å²) in [5.41, 5.74) is 0. The van der Waals surface area contributed by atoms with E-state index in [1.165, 1.54) is 6.92 Å². The Hall–Kier alpha value is -0.950. The monoisotopic (exact) mass is 232 g/mol. The Bertz CT molecular complexity index is 311. The van der Waals surface area contributed by atoms with E-state index in [1.54, 1.807) is 0 Å². The van der Waals surface area contributed by atoms with Gasteiger partial charge in [0, 0.05) is 6.54 Å². The Labute approximate surface area is 90.1 Å². The highest BCUT2D eigenvalue weighted by Crippen LogP contribution is 1.80. The van der Waals surface area contributed by atoms with Gasteiger partial charge < -0.3 is 5.11 Å². The summed E-state index contributed by atoms with van der Waals surface area (Å²) in [5.74, 6) is 0. The molecule has 0 radical (unpaired) electrons. The molecule has 0 aromatic heterocycles. The molecule has 86 valence electrons. The lowest BCUT2D eigenvalue weighted by molar-refractivity contribution is 0.198. The SMILES string of the molecule is CC(O)CNS(N)(=O)=O.c1ccccc1. The predicted octanol–water partition coefficient (Wildman–Crippen LogP) is -0.153. The summed E-state index contributed by atoms with van der Waals surface area (Å²) < 4.78 is 22.1. The minimum atomic E-state index is -3.63. The molecular formula is C9H16N2O3S. The quantitative estimate of drug-likeness (QED) is 0.676. The van der Waals surface area contributed by atoms with Crippen molar-refractivity contribution in [3.63, 3.8) is 0 Å². The molecule has 0 bridgehead atoms. The molecule has 1 unspecified atom stereocenters. The lowest BCUT2D eigenvalue weighted by atomic mass is 10.4. The van der Waals surface area contributed by atoms with Crippen LogP contribution in [0.15, 0.2) is 36.4 Å². The first-order valence-corrected chi connectivity index (χ1v) is 5.92. The Kier molecular flexibility index (Phi) is 6.89. The number of hydrogen-bond donors (Lipinski definition) is 3. The first-order chi connectivity index (χ1) is 6.92. The zero-order valence-electron chi connectivity index (χ0n) is 8.50. The first-order valence-electron chi connectivity index (χ1n) is 4.37. The van der Waals surface area contributed by atoms with Gasteiger partial charge in [-0.2, -0.15) is 13.1 Å². The molecule has 0 aliphatic heterocycles. The van der Waals surface area contributed by atoms with E-state index < -0.39 is 16.3 Å². The molecule has 6 heteroatoms. The minimum Gasteiger partial charge on any atom is -0.392 e. The smallest absolute Gasteiger partial charge is 0.274 e. The molecule has 1 aromatic rings. The van der Waals surface area contributed by atoms with Crippen molar-refractivity contribution in [2.24, 2.45) is 5.14 Å². The number of hydrogen-bond acceptors (Lipinski definition) is 3. The van der Waals surface area contributed by atoms with Crippen molar-refractivity contribution in [2.75, 3.05) is 6.54 Å². The molecule has 5 nitrogen and oxygen atoms in total. The van der Waals surface area contributed by atoms with Gasteiger partial charge in [0.2, 0.25) is 0 Å². The van der Waals surface area contributed by atoms with Crippen LogP contribution in [-0.4, -0.2) is 26.2 Å². The summed E-state index contributed by atoms with van der Waals surface area (Å²) in [4.78, 5) is 0. The van der Waals surface area contributed by atoms with Gasteiger partial charge in [0.15, 0.2) is 0 Å². The molecule has 0 amide bonds. The van der Waals surface area contributed by atoms with Crippen LogP contribution in [0.2, 0.25) is 0 Å². The van der Waals surface area contributed by atoms with Crippen molar-refractivity contribution in [3.8, 4) is 0 Å². The van der Waals surface area contributed by atoms with Gasteiger partial charge in [-0.15, -0.1) is 0 Å². The highest BCUT2D eigenvalue weighted by molar-refractivity contribution is 7.87. The number of aliphatic hydroxyl groups is 1. The lowest BCUT2D eigenvalue weighted by Gasteiger charge is -2.02. The Morgan fingerprint density at radius 1 is 1.20 bits per heavy atom. The van der Waals surface area contributed by atoms with Crippen molar-refractivity contribution < 1.29 is 13.5 Å². The van der Waals surface area contributed by atoms with Crippen molar-refractivity contribution in [1.29, 1.82) is 0 Å². The summed E-state index contributed by atoms with van der Waals surface area (Å²) in [7, 11) is -3.63. The third-order valence-electron chi connectivity index (χ3n) is 1.25. The van der Waals surface area contributed by atoms with Crippen LogP contribution in [-0.2, 0) is 10.2 Å². The van der Waals surface area contributed by atoms with E-state index >= 15 is 0 Å². The topological polar surface area (TPSA) is 92.4 Å². The number of benzene rings is 1. The van der Waals surface area contributed by atoms with E-state index in [0.29, 0.717) is 0 Å². The fourth-order valence-corrected chi connectivity index (χ4v) is 1.10. The maximum absolute atomic E-state index is 10.1. The van der Waals surface area contributed by atoms with Gasteiger partial charge in [-0.05, 0) is 6.92 Å². The second kappa shape index (κ2) is 7.36. The van der Waals surface area contributed by atoms with Crippen molar-refractivity contribution >= 4 is 10.2 Å². The average molecular weight is 232 g/mol. The third-order valence-corrected chi connectivity index (χ3v) is 1.82. The van der Waals surface area contributed by atoms with Crippen molar-refractivity contribution in [3.05, 3.63) is 36.4 Å². The van der Waals surface area contributed by atoms with E-state index in [-0.39, 0.29) is 6.54 Å². The lowest BCUT2D eigenvalue weighted by Crippen LogP contribution is -2.35. The number of aliphatic hydroxyl groups excluding tert-OH is 1. The van der Waals surface area contributed by atoms with Gasteiger partial charge in [-0.3, -0.25) is 0 Å². The van der Waals surface area contributed by atoms with Crippen LogP contribution in [0.1, 0.15) is 6.92 Å². The fraction of sp³-hybridized carbons (Fsp3) is 0.333. The standard InChI is InChI=1S/C6H6.C3H10N2O3S/c1-2-4-6-5-3-1;1-3(6)2-5-9(4,7)8/h1-6H;3,5-6H,2H2,1H3,(H2,4,7,8). The minimum absolute atomic E-state index is 0.0428. The number of nitrogens with one attached hydrogen (secondary N) is 1. The molecular weight excluding hydrogens is 216 g/mol. The summed E-state index contributed by atoms with van der Waals surface area (Å²) in [6, 6.07) is 12.0. The van der Waals surface area contributed by atoms with Crippen LogP contribution >= 0.6 is 0 Å². The van der Waals surface area contributed by atoms with Crippen molar-refractivity contribution in [2.45, 2.75) is 13.0 Å². The molecule has 0 spiro atoms. The second-order valence-electron chi connectivity index (χ2n) is 2.90. The van der Waals surface area contributed by atoms with Gasteiger partial charge in [-0.25, -0.2) is 5.14 Å². The summed E-state index contributed by atoms with van der Waals surface area (Å²) in [6.45, 7) is 1.41. The highest BCUT2D eigenvalue weighted by atomic mass is 32.2. The Balaban J connectivity index is 0.000000280. The normalized spacial score (nSPS) is 12.5. The van der Waals surface area contributed by atoms with Gasteiger partial charge in [0.05, 0.1) is 6.10 Å². The molecule has 1 atom stereocenters. The Morgan fingerprint density at radius 2 is 1.53 bits per heavy atom. The average Bonchev–Trinajstić information content (AvgIpc) is 2.18. The van der Waals surface area contributed by atoms with Crippen LogP contribution in [0.5, 0.6) is 0 Å². The van der Waals surface area contributed by atoms with Crippen LogP contribution in [0.25, 0.3) is 0 Å². The maximum Gasteiger partial charge on any atom is 0.274 e. The van der Waals surface area contributed by atoms with E-state index in [2.05, 4.69) is 5.14 Å². The second-order valence-corrected chi connectivity index (χ2v) is 4.28. The molecule has 0 heterocycles. The molecule has 0 aliphatic rings. The van der Waals surface area contributed by atoms with Gasteiger partial charge in [0.25, 0.3) is 10.2 Å². The summed E-state index contributed by atoms with van der Waals surface area (Å²) >= 11 is 0. The maximum atomic E-state index is 10.1. The molecule has 0 saturated heterocycles. The molecule has 0 fully saturated rings. The first kappa shape index (κ1) is 14.1. The van der Waals surface area contributed by atoms with Crippen LogP contribution in [0.4, 0.5) is 0 Å². The number of rotatable bonds is 3. The number of nitrogens with two attached hydrogens (primary N) is 1. The highest BCUT2D eigenvalue weighted by Gasteiger charge is 2.01. The fourth-order valence-electron chi connectivity index (χ4n) is 0.622. The van der Waals surface area contributed by atoms with E-state index in [4.69, 9.17) is 5.11 Å². The summed E-state index contributed by atoms with van der Waals surface area (Å²) in [6.07, 6.45) is -0.705. The van der Waals surface area contributed by atoms with Gasteiger partial charge in [0.1, 0.15) is 0 Å². The molecule has 0 saturated carbocycles. The third kappa shape index (κ3) is 13.1. The van der Waals surface area contributed by atoms with Crippen LogP contribution in [0, 0.1) is 0 Å². The van der Waals surface area contributed by atoms with E-state index in [1.807, 2.05) is 41.1 Å². The summed E-state index contributed by atoms with van der Waals surface area (Å²) in [5, 5.41) is 13.1. The van der Waals surface area contributed by atoms with Crippen LogP contribution < -0.4 is 9.86 Å². The van der Waals surface area contributed by atoms with Crippen molar-refractivity contribution in [1.82, 2.24) is 4.72 Å². The van der Waals surface area contributed by atoms with Gasteiger partial charge >= 0.3 is 0 Å². The predicted molar refractivity (Wildman–Crippen MR) is 59.2 cm³/mol. The Morgan fingerprint density at radius 3 is 1.67 bits per heavy atom. The van der Waals surface area contributed by atoms with E-state index in [9.17, 15) is 8.42 Å².